The lowest BCUT2D eigenvalue weighted by Crippen LogP contribution is -2.51. The van der Waals surface area contributed by atoms with Gasteiger partial charge in [-0.2, -0.15) is 0 Å². The van der Waals surface area contributed by atoms with Crippen LogP contribution in [-0.4, -0.2) is 42.4 Å². The van der Waals surface area contributed by atoms with Crippen LogP contribution < -0.4 is 5.32 Å². The zero-order chi connectivity index (χ0) is 17.8. The Kier molecular flexibility index (Phi) is 5.26. The molecule has 2 aliphatic carbocycles. The minimum atomic E-state index is -0.415. The maximum atomic E-state index is 12.4. The predicted octanol–water partition coefficient (Wildman–Crippen LogP) is 3.00. The highest BCUT2D eigenvalue weighted by Gasteiger charge is 2.42. The monoisotopic (exact) mass is 344 g/mol. The van der Waals surface area contributed by atoms with Crippen LogP contribution in [0.5, 0.6) is 0 Å². The molecule has 25 heavy (non-hydrogen) atoms. The Labute approximate surface area is 147 Å². The molecule has 1 heterocycles. The van der Waals surface area contributed by atoms with Gasteiger partial charge in [0.15, 0.2) is 0 Å². The normalized spacial score (nSPS) is 31.9. The quantitative estimate of drug-likeness (QED) is 0.799. The zero-order valence-corrected chi connectivity index (χ0v) is 14.5. The van der Waals surface area contributed by atoms with Crippen LogP contribution in [-0.2, 0) is 9.47 Å². The number of nitrogens with zero attached hydrogens (tertiary/aromatic N) is 1. The lowest BCUT2D eigenvalue weighted by molar-refractivity contribution is 0.101. The molecule has 0 radical (unpaired) electrons. The van der Waals surface area contributed by atoms with Crippen molar-refractivity contribution in [3.8, 4) is 0 Å². The van der Waals surface area contributed by atoms with Crippen LogP contribution in [0.25, 0.3) is 0 Å². The Hall–Kier alpha value is -2.50. The van der Waals surface area contributed by atoms with Crippen LogP contribution in [0.1, 0.15) is 13.8 Å². The largest absolute Gasteiger partial charge is 0.450 e. The molecule has 2 bridgehead atoms. The average molecular weight is 344 g/mol. The predicted molar refractivity (Wildman–Crippen MR) is 93.6 cm³/mol. The second-order valence-corrected chi connectivity index (χ2v) is 6.22. The van der Waals surface area contributed by atoms with E-state index in [4.69, 9.17) is 9.47 Å². The van der Waals surface area contributed by atoms with Crippen molar-refractivity contribution in [2.45, 2.75) is 25.9 Å². The summed E-state index contributed by atoms with van der Waals surface area (Å²) in [5, 5.41) is 3.00. The van der Waals surface area contributed by atoms with Gasteiger partial charge in [-0.25, -0.2) is 9.59 Å². The van der Waals surface area contributed by atoms with E-state index in [1.54, 1.807) is 24.9 Å². The lowest BCUT2D eigenvalue weighted by Gasteiger charge is -2.39. The van der Waals surface area contributed by atoms with Gasteiger partial charge in [0.05, 0.1) is 19.3 Å². The zero-order valence-electron chi connectivity index (χ0n) is 14.5. The van der Waals surface area contributed by atoms with Gasteiger partial charge in [-0.05, 0) is 13.8 Å². The van der Waals surface area contributed by atoms with E-state index in [9.17, 15) is 9.59 Å². The van der Waals surface area contributed by atoms with Gasteiger partial charge in [-0.1, -0.05) is 42.5 Å². The Morgan fingerprint density at radius 2 is 1.68 bits per heavy atom. The number of carbonyl (C=O) groups is 2. The van der Waals surface area contributed by atoms with Gasteiger partial charge in [0.25, 0.3) is 0 Å². The molecule has 0 saturated carbocycles. The van der Waals surface area contributed by atoms with Crippen molar-refractivity contribution in [1.29, 1.82) is 0 Å². The van der Waals surface area contributed by atoms with E-state index in [-0.39, 0.29) is 35.9 Å². The maximum Gasteiger partial charge on any atom is 0.414 e. The molecule has 134 valence electrons. The minimum absolute atomic E-state index is 0.0301. The third kappa shape index (κ3) is 3.48. The summed E-state index contributed by atoms with van der Waals surface area (Å²) < 4.78 is 10.3. The molecule has 5 atom stereocenters. The second-order valence-electron chi connectivity index (χ2n) is 6.22. The van der Waals surface area contributed by atoms with Crippen molar-refractivity contribution < 1.29 is 19.1 Å². The minimum Gasteiger partial charge on any atom is -0.450 e. The molecule has 3 rings (SSSR count). The van der Waals surface area contributed by atoms with Crippen molar-refractivity contribution in [3.63, 3.8) is 0 Å². The van der Waals surface area contributed by atoms with Crippen LogP contribution in [0.2, 0.25) is 0 Å². The number of amides is 2. The van der Waals surface area contributed by atoms with E-state index in [2.05, 4.69) is 23.5 Å². The third-order valence-electron chi connectivity index (χ3n) is 4.81. The summed E-state index contributed by atoms with van der Waals surface area (Å²) in [6.45, 7) is 4.24. The summed E-state index contributed by atoms with van der Waals surface area (Å²) in [5.41, 5.74) is 0. The standard InChI is InChI=1S/C19H24N2O4/c1-3-24-18(22)20-17-13-9-10-16(14-7-5-6-8-15(14)17)21(12-11-13)19(23)25-4-2/h5-17H,3-4H2,1-2H3,(H,20,22). The molecule has 5 unspecified atom stereocenters. The van der Waals surface area contributed by atoms with Crippen LogP contribution >= 0.6 is 0 Å². The summed E-state index contributed by atoms with van der Waals surface area (Å²) >= 11 is 0. The average Bonchev–Trinajstić information content (AvgIpc) is 2.90. The van der Waals surface area contributed by atoms with Crippen LogP contribution in [0, 0.1) is 17.8 Å². The summed E-state index contributed by atoms with van der Waals surface area (Å²) in [7, 11) is 0. The molecule has 0 aromatic heterocycles. The Bertz CT molecular complexity index is 637. The molecular formula is C19H24N2O4. The molecule has 0 aromatic rings. The first-order valence-electron chi connectivity index (χ1n) is 8.75. The van der Waals surface area contributed by atoms with Gasteiger partial charge in [-0.3, -0.25) is 4.90 Å². The molecule has 0 aromatic carbocycles. The number of ether oxygens (including phenoxy) is 2. The number of alkyl carbamates (subject to hydrolysis) is 1. The molecule has 1 aliphatic heterocycles. The van der Waals surface area contributed by atoms with E-state index in [0.29, 0.717) is 13.2 Å². The van der Waals surface area contributed by atoms with Crippen molar-refractivity contribution >= 4 is 12.2 Å². The lowest BCUT2D eigenvalue weighted by atomic mass is 9.76. The molecule has 6 nitrogen and oxygen atoms in total. The van der Waals surface area contributed by atoms with Gasteiger partial charge in [0.1, 0.15) is 0 Å². The van der Waals surface area contributed by atoms with Gasteiger partial charge in [0.2, 0.25) is 0 Å². The summed E-state index contributed by atoms with van der Waals surface area (Å²) in [4.78, 5) is 26.0. The second kappa shape index (κ2) is 7.59. The van der Waals surface area contributed by atoms with Crippen molar-refractivity contribution in [2.24, 2.45) is 17.8 Å². The highest BCUT2D eigenvalue weighted by molar-refractivity contribution is 5.70. The molecular weight excluding hydrogens is 320 g/mol. The number of fused-ring (bicyclic) bond motifs is 4. The van der Waals surface area contributed by atoms with Crippen molar-refractivity contribution in [3.05, 3.63) is 48.7 Å². The van der Waals surface area contributed by atoms with E-state index in [1.165, 1.54) is 0 Å². The van der Waals surface area contributed by atoms with Crippen molar-refractivity contribution in [1.82, 2.24) is 10.2 Å². The number of hydrogen-bond acceptors (Lipinski definition) is 4. The molecule has 0 spiro atoms. The number of allylic oxidation sites excluding steroid dienone is 2. The molecule has 6 heteroatoms. The van der Waals surface area contributed by atoms with Crippen molar-refractivity contribution in [2.75, 3.05) is 13.2 Å². The third-order valence-corrected chi connectivity index (χ3v) is 4.81. The fraction of sp³-hybridized carbons (Fsp3) is 0.474. The smallest absolute Gasteiger partial charge is 0.414 e. The van der Waals surface area contributed by atoms with E-state index >= 15 is 0 Å². The summed E-state index contributed by atoms with van der Waals surface area (Å²) in [5.74, 6) is 0.0753. The Morgan fingerprint density at radius 3 is 2.40 bits per heavy atom. The van der Waals surface area contributed by atoms with E-state index in [1.807, 2.05) is 24.3 Å². The van der Waals surface area contributed by atoms with Gasteiger partial charge in [0, 0.05) is 30.0 Å². The summed E-state index contributed by atoms with van der Waals surface area (Å²) in [6.07, 6.45) is 15.2. The van der Waals surface area contributed by atoms with Gasteiger partial charge in [-0.15, -0.1) is 0 Å². The van der Waals surface area contributed by atoms with Gasteiger partial charge < -0.3 is 14.8 Å². The first-order chi connectivity index (χ1) is 12.2. The van der Waals surface area contributed by atoms with E-state index in [0.717, 1.165) is 0 Å². The Morgan fingerprint density at radius 1 is 0.960 bits per heavy atom. The highest BCUT2D eigenvalue weighted by Crippen LogP contribution is 2.38. The number of nitrogens with one attached hydrogen (secondary N) is 1. The van der Waals surface area contributed by atoms with E-state index < -0.39 is 6.09 Å². The first-order valence-corrected chi connectivity index (χ1v) is 8.75. The molecule has 2 amide bonds. The molecule has 3 aliphatic rings. The van der Waals surface area contributed by atoms with Crippen LogP contribution in [0.4, 0.5) is 9.59 Å². The van der Waals surface area contributed by atoms with Crippen LogP contribution in [0.15, 0.2) is 48.7 Å². The highest BCUT2D eigenvalue weighted by atomic mass is 16.6. The summed E-state index contributed by atoms with van der Waals surface area (Å²) in [6, 6.07) is -0.285. The molecule has 0 fully saturated rings. The fourth-order valence-corrected chi connectivity index (χ4v) is 3.72. The van der Waals surface area contributed by atoms with Crippen LogP contribution in [0.3, 0.4) is 0 Å². The van der Waals surface area contributed by atoms with Gasteiger partial charge >= 0.3 is 12.2 Å². The Balaban J connectivity index is 1.93. The number of rotatable bonds is 3. The maximum absolute atomic E-state index is 12.4. The number of hydrogen-bond donors (Lipinski definition) is 1. The molecule has 1 N–H and O–H groups in total. The fourth-order valence-electron chi connectivity index (χ4n) is 3.72. The first kappa shape index (κ1) is 17.3. The molecule has 0 saturated heterocycles. The SMILES string of the molecule is CCOC(=O)NC1C2C=CC(C3C=CC=CC31)N(C(=O)OCC)C=C2. The number of carbonyl (C=O) groups excluding carboxylic acids is 2. The topological polar surface area (TPSA) is 67.9 Å².